The van der Waals surface area contributed by atoms with Crippen molar-refractivity contribution in [1.29, 1.82) is 0 Å². The van der Waals surface area contributed by atoms with E-state index in [1.165, 1.54) is 0 Å². The van der Waals surface area contributed by atoms with Crippen LogP contribution in [0.25, 0.3) is 0 Å². The standard InChI is InChI=1S/C14H21FN2O/c1-17(9-11-5-7-18-8-6-11)10-12-3-2-4-13(16)14(12)15/h2-4,11H,5-10,16H2,1H3. The van der Waals surface area contributed by atoms with Crippen LogP contribution in [-0.2, 0) is 11.3 Å². The van der Waals surface area contributed by atoms with E-state index >= 15 is 0 Å². The Hall–Kier alpha value is -1.13. The molecule has 0 aliphatic carbocycles. The lowest BCUT2D eigenvalue weighted by atomic mass is 9.99. The first-order chi connectivity index (χ1) is 8.66. The summed E-state index contributed by atoms with van der Waals surface area (Å²) in [5.74, 6) is 0.379. The van der Waals surface area contributed by atoms with E-state index in [-0.39, 0.29) is 11.5 Å². The summed E-state index contributed by atoms with van der Waals surface area (Å²) in [6.45, 7) is 3.29. The van der Waals surface area contributed by atoms with Crippen LogP contribution < -0.4 is 5.73 Å². The highest BCUT2D eigenvalue weighted by Crippen LogP contribution is 2.19. The van der Waals surface area contributed by atoms with Crippen molar-refractivity contribution < 1.29 is 9.13 Å². The van der Waals surface area contributed by atoms with Crippen molar-refractivity contribution in [2.75, 3.05) is 32.5 Å². The van der Waals surface area contributed by atoms with E-state index in [1.807, 2.05) is 7.05 Å². The highest BCUT2D eigenvalue weighted by atomic mass is 19.1. The lowest BCUT2D eigenvalue weighted by Crippen LogP contribution is -2.29. The minimum absolute atomic E-state index is 0.229. The molecule has 1 aromatic carbocycles. The molecule has 1 aliphatic rings. The summed E-state index contributed by atoms with van der Waals surface area (Å²) in [6, 6.07) is 5.19. The zero-order chi connectivity index (χ0) is 13.0. The van der Waals surface area contributed by atoms with Gasteiger partial charge in [-0.25, -0.2) is 4.39 Å². The number of ether oxygens (including phenoxy) is 1. The van der Waals surface area contributed by atoms with Gasteiger partial charge in [0.15, 0.2) is 5.82 Å². The Morgan fingerprint density at radius 1 is 1.39 bits per heavy atom. The third-order valence-electron chi connectivity index (χ3n) is 3.46. The molecule has 0 unspecified atom stereocenters. The molecule has 1 fully saturated rings. The van der Waals surface area contributed by atoms with Gasteiger partial charge in [-0.2, -0.15) is 0 Å². The zero-order valence-electron chi connectivity index (χ0n) is 10.9. The van der Waals surface area contributed by atoms with Crippen molar-refractivity contribution in [3.8, 4) is 0 Å². The highest BCUT2D eigenvalue weighted by Gasteiger charge is 2.16. The summed E-state index contributed by atoms with van der Waals surface area (Å²) in [4.78, 5) is 2.16. The van der Waals surface area contributed by atoms with E-state index in [4.69, 9.17) is 10.5 Å². The SMILES string of the molecule is CN(Cc1cccc(N)c1F)CC1CCOCC1. The third-order valence-corrected chi connectivity index (χ3v) is 3.46. The molecule has 2 N–H and O–H groups in total. The normalized spacial score (nSPS) is 17.3. The molecule has 0 saturated carbocycles. The first kappa shape index (κ1) is 13.3. The van der Waals surface area contributed by atoms with Crippen LogP contribution in [0.4, 0.5) is 10.1 Å². The van der Waals surface area contributed by atoms with Gasteiger partial charge in [0.05, 0.1) is 5.69 Å². The molecule has 2 rings (SSSR count). The number of anilines is 1. The number of rotatable bonds is 4. The van der Waals surface area contributed by atoms with Gasteiger partial charge in [0.25, 0.3) is 0 Å². The van der Waals surface area contributed by atoms with Gasteiger partial charge < -0.3 is 15.4 Å². The van der Waals surface area contributed by atoms with Gasteiger partial charge in [0.1, 0.15) is 0 Å². The largest absolute Gasteiger partial charge is 0.396 e. The Morgan fingerprint density at radius 3 is 2.83 bits per heavy atom. The second-order valence-electron chi connectivity index (χ2n) is 5.07. The molecule has 3 nitrogen and oxygen atoms in total. The van der Waals surface area contributed by atoms with E-state index in [2.05, 4.69) is 4.90 Å². The van der Waals surface area contributed by atoms with Gasteiger partial charge in [0, 0.05) is 31.9 Å². The first-order valence-corrected chi connectivity index (χ1v) is 6.46. The molecule has 100 valence electrons. The smallest absolute Gasteiger partial charge is 0.150 e. The Balaban J connectivity index is 1.90. The number of halogens is 1. The van der Waals surface area contributed by atoms with E-state index < -0.39 is 0 Å². The van der Waals surface area contributed by atoms with Crippen molar-refractivity contribution in [2.45, 2.75) is 19.4 Å². The molecule has 0 amide bonds. The lowest BCUT2D eigenvalue weighted by molar-refractivity contribution is 0.0548. The summed E-state index contributed by atoms with van der Waals surface area (Å²) in [5, 5.41) is 0. The highest BCUT2D eigenvalue weighted by molar-refractivity contribution is 5.42. The number of nitrogen functional groups attached to an aromatic ring is 1. The minimum atomic E-state index is -0.281. The Bertz CT molecular complexity index is 391. The quantitative estimate of drug-likeness (QED) is 0.835. The average Bonchev–Trinajstić information content (AvgIpc) is 2.36. The van der Waals surface area contributed by atoms with Crippen molar-refractivity contribution in [1.82, 2.24) is 4.90 Å². The number of hydrogen-bond acceptors (Lipinski definition) is 3. The molecule has 18 heavy (non-hydrogen) atoms. The zero-order valence-corrected chi connectivity index (χ0v) is 10.9. The topological polar surface area (TPSA) is 38.5 Å². The van der Waals surface area contributed by atoms with Crippen molar-refractivity contribution in [3.05, 3.63) is 29.6 Å². The number of nitrogens with zero attached hydrogens (tertiary/aromatic N) is 1. The van der Waals surface area contributed by atoms with Crippen LogP contribution in [0.3, 0.4) is 0 Å². The molecule has 1 saturated heterocycles. The van der Waals surface area contributed by atoms with Crippen LogP contribution in [0.2, 0.25) is 0 Å². The predicted octanol–water partition coefficient (Wildman–Crippen LogP) is 2.27. The van der Waals surface area contributed by atoms with Gasteiger partial charge >= 0.3 is 0 Å². The molecule has 0 radical (unpaired) electrons. The van der Waals surface area contributed by atoms with Crippen LogP contribution in [0.5, 0.6) is 0 Å². The van der Waals surface area contributed by atoms with Crippen molar-refractivity contribution >= 4 is 5.69 Å². The fourth-order valence-corrected chi connectivity index (χ4v) is 2.45. The maximum absolute atomic E-state index is 13.8. The van der Waals surface area contributed by atoms with Crippen LogP contribution >= 0.6 is 0 Å². The first-order valence-electron chi connectivity index (χ1n) is 6.46. The van der Waals surface area contributed by atoms with Crippen molar-refractivity contribution in [2.24, 2.45) is 5.92 Å². The van der Waals surface area contributed by atoms with E-state index in [0.717, 1.165) is 32.6 Å². The summed E-state index contributed by atoms with van der Waals surface area (Å²) in [7, 11) is 2.03. The molecule has 1 heterocycles. The fraction of sp³-hybridized carbons (Fsp3) is 0.571. The molecular formula is C14H21FN2O. The number of nitrogens with two attached hydrogens (primary N) is 1. The lowest BCUT2D eigenvalue weighted by Gasteiger charge is -2.27. The summed E-state index contributed by atoms with van der Waals surface area (Å²) < 4.78 is 19.1. The minimum Gasteiger partial charge on any atom is -0.396 e. The Labute approximate surface area is 108 Å². The maximum atomic E-state index is 13.8. The molecular weight excluding hydrogens is 231 g/mol. The molecule has 0 spiro atoms. The molecule has 4 heteroatoms. The number of benzene rings is 1. The van der Waals surface area contributed by atoms with Gasteiger partial charge in [-0.3, -0.25) is 0 Å². The average molecular weight is 252 g/mol. The van der Waals surface area contributed by atoms with Crippen molar-refractivity contribution in [3.63, 3.8) is 0 Å². The summed E-state index contributed by atoms with van der Waals surface area (Å²) in [6.07, 6.45) is 2.20. The van der Waals surface area contributed by atoms with E-state index in [1.54, 1.807) is 18.2 Å². The maximum Gasteiger partial charge on any atom is 0.150 e. The summed E-state index contributed by atoms with van der Waals surface area (Å²) >= 11 is 0. The predicted molar refractivity (Wildman–Crippen MR) is 70.7 cm³/mol. The Morgan fingerprint density at radius 2 is 2.11 bits per heavy atom. The van der Waals surface area contributed by atoms with Gasteiger partial charge in [-0.05, 0) is 31.9 Å². The van der Waals surface area contributed by atoms with Crippen LogP contribution in [0, 0.1) is 11.7 Å². The monoisotopic (exact) mass is 252 g/mol. The van der Waals surface area contributed by atoms with Gasteiger partial charge in [0.2, 0.25) is 0 Å². The number of hydrogen-bond donors (Lipinski definition) is 1. The van der Waals surface area contributed by atoms with Gasteiger partial charge in [-0.1, -0.05) is 12.1 Å². The summed E-state index contributed by atoms with van der Waals surface area (Å²) in [5.41, 5.74) is 6.47. The Kier molecular flexibility index (Phi) is 4.55. The van der Waals surface area contributed by atoms with Gasteiger partial charge in [-0.15, -0.1) is 0 Å². The van der Waals surface area contributed by atoms with Crippen LogP contribution in [0.1, 0.15) is 18.4 Å². The van der Waals surface area contributed by atoms with E-state index in [9.17, 15) is 4.39 Å². The molecule has 1 aliphatic heterocycles. The fourth-order valence-electron chi connectivity index (χ4n) is 2.45. The molecule has 0 bridgehead atoms. The van der Waals surface area contributed by atoms with E-state index in [0.29, 0.717) is 18.0 Å². The van der Waals surface area contributed by atoms with Crippen LogP contribution in [-0.4, -0.2) is 31.7 Å². The van der Waals surface area contributed by atoms with Crippen LogP contribution in [0.15, 0.2) is 18.2 Å². The third kappa shape index (κ3) is 3.43. The molecule has 0 atom stereocenters. The second kappa shape index (κ2) is 6.16. The second-order valence-corrected chi connectivity index (χ2v) is 5.07. The molecule has 1 aromatic rings. The molecule has 0 aromatic heterocycles.